The van der Waals surface area contributed by atoms with Crippen molar-refractivity contribution >= 4 is 17.5 Å². The highest BCUT2D eigenvalue weighted by molar-refractivity contribution is 6.21. The lowest BCUT2D eigenvalue weighted by Gasteiger charge is -2.23. The highest BCUT2D eigenvalue weighted by Crippen LogP contribution is 2.34. The van der Waals surface area contributed by atoms with Crippen molar-refractivity contribution < 1.29 is 9.59 Å². The zero-order valence-corrected chi connectivity index (χ0v) is 18.8. The maximum Gasteiger partial charge on any atom is 0.261 e. The molecular weight excluding hydrogens is 420 g/mol. The fourth-order valence-electron chi connectivity index (χ4n) is 5.17. The zero-order chi connectivity index (χ0) is 23.1. The molecule has 0 bridgehead atoms. The van der Waals surface area contributed by atoms with Crippen LogP contribution in [0.15, 0.2) is 97.1 Å². The first-order chi connectivity index (χ1) is 16.7. The number of hydrogen-bond acceptors (Lipinski definition) is 3. The van der Waals surface area contributed by atoms with E-state index in [4.69, 9.17) is 0 Å². The largest absolute Gasteiger partial charge is 0.367 e. The molecule has 2 heterocycles. The third-order valence-corrected chi connectivity index (χ3v) is 6.88. The molecule has 166 valence electrons. The van der Waals surface area contributed by atoms with Gasteiger partial charge in [0.05, 0.1) is 17.7 Å². The lowest BCUT2D eigenvalue weighted by Crippen LogP contribution is -2.29. The molecule has 4 aromatic carbocycles. The standard InChI is InChI=1S/C30H24N2O2/c33-29-26-14-6-7-15-27(26)30(34)32(29)20-23-11-2-5-13-25(23)24-12-4-1-10-22(24)19-31-18-17-21-9-3-8-16-28(21)31/h1-16H,17-20H2. The number of carbonyl (C=O) groups excluding carboxylic acids is 2. The normalized spacial score (nSPS) is 14.5. The molecule has 4 heteroatoms. The molecule has 4 aromatic rings. The fourth-order valence-corrected chi connectivity index (χ4v) is 5.17. The van der Waals surface area contributed by atoms with E-state index in [1.807, 2.05) is 18.2 Å². The first-order valence-corrected chi connectivity index (χ1v) is 11.6. The van der Waals surface area contributed by atoms with Crippen LogP contribution in [-0.2, 0) is 19.5 Å². The number of imide groups is 1. The van der Waals surface area contributed by atoms with E-state index in [-0.39, 0.29) is 18.4 Å². The first kappa shape index (κ1) is 20.4. The molecular formula is C30H24N2O2. The topological polar surface area (TPSA) is 40.6 Å². The van der Waals surface area contributed by atoms with E-state index in [2.05, 4.69) is 59.5 Å². The van der Waals surface area contributed by atoms with Crippen molar-refractivity contribution in [2.24, 2.45) is 0 Å². The summed E-state index contributed by atoms with van der Waals surface area (Å²) in [6, 6.07) is 32.2. The van der Waals surface area contributed by atoms with E-state index in [0.717, 1.165) is 36.2 Å². The summed E-state index contributed by atoms with van der Waals surface area (Å²) in [5.41, 5.74) is 8.06. The van der Waals surface area contributed by atoms with E-state index in [9.17, 15) is 9.59 Å². The molecule has 0 saturated carbocycles. The molecule has 0 radical (unpaired) electrons. The number of benzene rings is 4. The van der Waals surface area contributed by atoms with Crippen LogP contribution < -0.4 is 4.90 Å². The van der Waals surface area contributed by atoms with Gasteiger partial charge in [-0.2, -0.15) is 0 Å². The summed E-state index contributed by atoms with van der Waals surface area (Å²) in [6.07, 6.45) is 1.06. The Kier molecular flexibility index (Phi) is 4.99. The van der Waals surface area contributed by atoms with Crippen LogP contribution in [0.3, 0.4) is 0 Å². The molecule has 4 nitrogen and oxygen atoms in total. The van der Waals surface area contributed by atoms with Crippen LogP contribution in [0, 0.1) is 0 Å². The second-order valence-electron chi connectivity index (χ2n) is 8.86. The van der Waals surface area contributed by atoms with E-state index in [1.165, 1.54) is 21.7 Å². The Morgan fingerprint density at radius 2 is 1.06 bits per heavy atom. The third-order valence-electron chi connectivity index (χ3n) is 6.88. The molecule has 0 unspecified atom stereocenters. The van der Waals surface area contributed by atoms with Gasteiger partial charge in [-0.05, 0) is 52.4 Å². The number of fused-ring (bicyclic) bond motifs is 2. The molecule has 0 saturated heterocycles. The number of amides is 2. The molecule has 0 N–H and O–H groups in total. The van der Waals surface area contributed by atoms with E-state index >= 15 is 0 Å². The Balaban J connectivity index is 1.33. The molecule has 2 aliphatic rings. The van der Waals surface area contributed by atoms with Gasteiger partial charge in [0.25, 0.3) is 11.8 Å². The molecule has 0 aliphatic carbocycles. The van der Waals surface area contributed by atoms with Crippen molar-refractivity contribution in [1.82, 2.24) is 4.90 Å². The monoisotopic (exact) mass is 444 g/mol. The number of rotatable bonds is 5. The Bertz CT molecular complexity index is 1390. The maximum atomic E-state index is 13.0. The van der Waals surface area contributed by atoms with Crippen LogP contribution in [0.25, 0.3) is 11.1 Å². The maximum absolute atomic E-state index is 13.0. The van der Waals surface area contributed by atoms with Gasteiger partial charge in [0.15, 0.2) is 0 Å². The van der Waals surface area contributed by atoms with Crippen LogP contribution in [0.2, 0.25) is 0 Å². The minimum atomic E-state index is -0.225. The SMILES string of the molecule is O=C1c2ccccc2C(=O)N1Cc1ccccc1-c1ccccc1CN1CCc2ccccc21. The summed E-state index contributed by atoms with van der Waals surface area (Å²) in [7, 11) is 0. The average molecular weight is 445 g/mol. The van der Waals surface area contributed by atoms with Crippen LogP contribution in [0.1, 0.15) is 37.4 Å². The molecule has 2 amide bonds. The predicted molar refractivity (Wildman–Crippen MR) is 134 cm³/mol. The summed E-state index contributed by atoms with van der Waals surface area (Å²) < 4.78 is 0. The van der Waals surface area contributed by atoms with Gasteiger partial charge in [0.1, 0.15) is 0 Å². The number of nitrogens with zero attached hydrogens (tertiary/aromatic N) is 2. The molecule has 0 fully saturated rings. The highest BCUT2D eigenvalue weighted by Gasteiger charge is 2.35. The highest BCUT2D eigenvalue weighted by atomic mass is 16.2. The van der Waals surface area contributed by atoms with Gasteiger partial charge in [0, 0.05) is 18.8 Å². The fraction of sp³-hybridized carbons (Fsp3) is 0.133. The van der Waals surface area contributed by atoms with Crippen molar-refractivity contribution in [2.45, 2.75) is 19.5 Å². The van der Waals surface area contributed by atoms with Crippen molar-refractivity contribution in [1.29, 1.82) is 0 Å². The quantitative estimate of drug-likeness (QED) is 0.370. The van der Waals surface area contributed by atoms with Crippen LogP contribution in [-0.4, -0.2) is 23.3 Å². The summed E-state index contributed by atoms with van der Waals surface area (Å²) >= 11 is 0. The summed E-state index contributed by atoms with van der Waals surface area (Å²) in [5, 5.41) is 0. The Morgan fingerprint density at radius 1 is 0.559 bits per heavy atom. The van der Waals surface area contributed by atoms with Gasteiger partial charge < -0.3 is 4.90 Å². The number of anilines is 1. The van der Waals surface area contributed by atoms with Gasteiger partial charge in [0.2, 0.25) is 0 Å². The number of carbonyl (C=O) groups is 2. The van der Waals surface area contributed by atoms with E-state index in [0.29, 0.717) is 11.1 Å². The van der Waals surface area contributed by atoms with Crippen LogP contribution in [0.5, 0.6) is 0 Å². The predicted octanol–water partition coefficient (Wildman–Crippen LogP) is 5.71. The molecule has 6 rings (SSSR count). The molecule has 0 spiro atoms. The van der Waals surface area contributed by atoms with E-state index in [1.54, 1.807) is 24.3 Å². The molecule has 34 heavy (non-hydrogen) atoms. The second-order valence-corrected chi connectivity index (χ2v) is 8.86. The smallest absolute Gasteiger partial charge is 0.261 e. The lowest BCUT2D eigenvalue weighted by atomic mass is 9.94. The van der Waals surface area contributed by atoms with Crippen molar-refractivity contribution in [3.63, 3.8) is 0 Å². The van der Waals surface area contributed by atoms with Crippen molar-refractivity contribution in [3.8, 4) is 11.1 Å². The average Bonchev–Trinajstić information content (AvgIpc) is 3.39. The molecule has 0 atom stereocenters. The minimum absolute atomic E-state index is 0.225. The third kappa shape index (κ3) is 3.39. The van der Waals surface area contributed by atoms with Gasteiger partial charge in [-0.1, -0.05) is 78.9 Å². The van der Waals surface area contributed by atoms with Crippen LogP contribution >= 0.6 is 0 Å². The molecule has 2 aliphatic heterocycles. The van der Waals surface area contributed by atoms with Crippen molar-refractivity contribution in [2.75, 3.05) is 11.4 Å². The van der Waals surface area contributed by atoms with Gasteiger partial charge in [-0.25, -0.2) is 0 Å². The summed E-state index contributed by atoms with van der Waals surface area (Å²) in [6.45, 7) is 2.07. The Morgan fingerprint density at radius 3 is 1.71 bits per heavy atom. The van der Waals surface area contributed by atoms with Gasteiger partial charge >= 0.3 is 0 Å². The van der Waals surface area contributed by atoms with Gasteiger partial charge in [-0.3, -0.25) is 14.5 Å². The molecule has 0 aromatic heterocycles. The van der Waals surface area contributed by atoms with E-state index < -0.39 is 0 Å². The van der Waals surface area contributed by atoms with Crippen LogP contribution in [0.4, 0.5) is 5.69 Å². The summed E-state index contributed by atoms with van der Waals surface area (Å²) in [4.78, 5) is 29.7. The number of para-hydroxylation sites is 1. The second kappa shape index (κ2) is 8.31. The van der Waals surface area contributed by atoms with Gasteiger partial charge in [-0.15, -0.1) is 0 Å². The Hall–Kier alpha value is -4.18. The minimum Gasteiger partial charge on any atom is -0.367 e. The Labute approximate surface area is 199 Å². The van der Waals surface area contributed by atoms with Crippen molar-refractivity contribution in [3.05, 3.63) is 125 Å². The summed E-state index contributed by atoms with van der Waals surface area (Å²) in [5.74, 6) is -0.449. The first-order valence-electron chi connectivity index (χ1n) is 11.6. The zero-order valence-electron chi connectivity index (χ0n) is 18.8. The lowest BCUT2D eigenvalue weighted by molar-refractivity contribution is 0.0642. The number of hydrogen-bond donors (Lipinski definition) is 0.